The van der Waals surface area contributed by atoms with Gasteiger partial charge in [0.1, 0.15) is 4.88 Å². The van der Waals surface area contributed by atoms with Gasteiger partial charge < -0.3 is 5.11 Å². The summed E-state index contributed by atoms with van der Waals surface area (Å²) in [6.45, 7) is 0. The van der Waals surface area contributed by atoms with Gasteiger partial charge in [-0.3, -0.25) is 10.1 Å². The molecular weight excluding hydrogens is 322 g/mol. The van der Waals surface area contributed by atoms with Crippen molar-refractivity contribution in [1.29, 1.82) is 0 Å². The Morgan fingerprint density at radius 2 is 2.25 bits per heavy atom. The molecule has 0 aliphatic rings. The SMILES string of the molecule is O=C(O)c1cc(SCc2c(Cl)cccc2[N+](=O)[O-])cs1. The largest absolute Gasteiger partial charge is 0.477 e. The first-order valence-corrected chi connectivity index (χ1v) is 7.59. The summed E-state index contributed by atoms with van der Waals surface area (Å²) in [5, 5.41) is 21.8. The lowest BCUT2D eigenvalue weighted by atomic mass is 10.2. The van der Waals surface area contributed by atoms with E-state index in [1.54, 1.807) is 17.5 Å². The molecule has 1 N–H and O–H groups in total. The van der Waals surface area contributed by atoms with Crippen LogP contribution in [0.3, 0.4) is 0 Å². The van der Waals surface area contributed by atoms with Crippen molar-refractivity contribution >= 4 is 46.4 Å². The van der Waals surface area contributed by atoms with Crippen LogP contribution >= 0.6 is 34.7 Å². The fraction of sp³-hybridized carbons (Fsp3) is 0.0833. The van der Waals surface area contributed by atoms with Crippen molar-refractivity contribution in [3.63, 3.8) is 0 Å². The van der Waals surface area contributed by atoms with E-state index in [9.17, 15) is 14.9 Å². The lowest BCUT2D eigenvalue weighted by Crippen LogP contribution is -1.94. The van der Waals surface area contributed by atoms with Gasteiger partial charge in [-0.2, -0.15) is 0 Å². The van der Waals surface area contributed by atoms with E-state index in [4.69, 9.17) is 16.7 Å². The van der Waals surface area contributed by atoms with Crippen LogP contribution in [0.5, 0.6) is 0 Å². The lowest BCUT2D eigenvalue weighted by Gasteiger charge is -2.04. The maximum absolute atomic E-state index is 10.9. The second-order valence-corrected chi connectivity index (χ2v) is 6.10. The van der Waals surface area contributed by atoms with Gasteiger partial charge in [0, 0.05) is 22.1 Å². The molecule has 2 rings (SSSR count). The molecule has 0 saturated heterocycles. The number of aromatic carboxylic acids is 1. The molecule has 0 fully saturated rings. The van der Waals surface area contributed by atoms with Crippen molar-refractivity contribution in [2.24, 2.45) is 0 Å². The van der Waals surface area contributed by atoms with Crippen molar-refractivity contribution in [3.8, 4) is 0 Å². The number of nitrogens with zero attached hydrogens (tertiary/aromatic N) is 1. The van der Waals surface area contributed by atoms with E-state index in [0.29, 0.717) is 16.3 Å². The molecule has 0 unspecified atom stereocenters. The highest BCUT2D eigenvalue weighted by molar-refractivity contribution is 7.98. The summed E-state index contributed by atoms with van der Waals surface area (Å²) in [4.78, 5) is 22.2. The number of nitro benzene ring substituents is 1. The summed E-state index contributed by atoms with van der Waals surface area (Å²) in [5.41, 5.74) is 0.408. The molecule has 5 nitrogen and oxygen atoms in total. The minimum absolute atomic E-state index is 0.0290. The van der Waals surface area contributed by atoms with Gasteiger partial charge in [-0.1, -0.05) is 17.7 Å². The van der Waals surface area contributed by atoms with Crippen molar-refractivity contribution in [2.45, 2.75) is 10.6 Å². The third-order valence-electron chi connectivity index (χ3n) is 2.46. The Balaban J connectivity index is 2.18. The molecule has 0 bridgehead atoms. The highest BCUT2D eigenvalue weighted by Gasteiger charge is 2.17. The van der Waals surface area contributed by atoms with Gasteiger partial charge in [-0.05, 0) is 12.1 Å². The van der Waals surface area contributed by atoms with Crippen LogP contribution in [0.4, 0.5) is 5.69 Å². The Morgan fingerprint density at radius 3 is 2.85 bits per heavy atom. The topological polar surface area (TPSA) is 80.4 Å². The molecule has 0 atom stereocenters. The molecule has 104 valence electrons. The fourth-order valence-corrected chi connectivity index (χ4v) is 3.75. The van der Waals surface area contributed by atoms with Crippen molar-refractivity contribution in [2.75, 3.05) is 0 Å². The van der Waals surface area contributed by atoms with E-state index >= 15 is 0 Å². The Kier molecular flexibility index (Phi) is 4.64. The summed E-state index contributed by atoms with van der Waals surface area (Å²) in [5.74, 6) is -0.670. The summed E-state index contributed by atoms with van der Waals surface area (Å²) >= 11 is 8.42. The van der Waals surface area contributed by atoms with Crippen LogP contribution in [-0.2, 0) is 5.75 Å². The number of hydrogen-bond donors (Lipinski definition) is 1. The number of nitro groups is 1. The number of thioether (sulfide) groups is 1. The number of hydrogen-bond acceptors (Lipinski definition) is 5. The van der Waals surface area contributed by atoms with E-state index in [-0.39, 0.29) is 10.6 Å². The van der Waals surface area contributed by atoms with Crippen molar-refractivity contribution in [1.82, 2.24) is 0 Å². The van der Waals surface area contributed by atoms with Gasteiger partial charge in [-0.25, -0.2) is 4.79 Å². The summed E-state index contributed by atoms with van der Waals surface area (Å²) in [6.07, 6.45) is 0. The molecule has 0 saturated carbocycles. The van der Waals surface area contributed by atoms with Crippen LogP contribution in [-0.4, -0.2) is 16.0 Å². The number of carbonyl (C=O) groups is 1. The number of carboxylic acids is 1. The average molecular weight is 330 g/mol. The minimum Gasteiger partial charge on any atom is -0.477 e. The Labute approximate surface area is 127 Å². The summed E-state index contributed by atoms with van der Waals surface area (Å²) in [6, 6.07) is 6.07. The molecule has 0 aliphatic heterocycles. The maximum Gasteiger partial charge on any atom is 0.345 e. The Morgan fingerprint density at radius 1 is 1.50 bits per heavy atom. The van der Waals surface area contributed by atoms with Crippen LogP contribution in [0, 0.1) is 10.1 Å². The number of benzene rings is 1. The number of carboxylic acid groups (broad SMARTS) is 1. The van der Waals surface area contributed by atoms with Crippen LogP contribution < -0.4 is 0 Å². The summed E-state index contributed by atoms with van der Waals surface area (Å²) in [7, 11) is 0. The number of halogens is 1. The van der Waals surface area contributed by atoms with E-state index < -0.39 is 10.9 Å². The zero-order valence-electron chi connectivity index (χ0n) is 9.91. The number of thiophene rings is 1. The van der Waals surface area contributed by atoms with Gasteiger partial charge in [0.25, 0.3) is 5.69 Å². The standard InChI is InChI=1S/C12H8ClNO4S2/c13-9-2-1-3-10(14(17)18)8(9)6-19-7-4-11(12(15)16)20-5-7/h1-5H,6H2,(H,15,16). The third-order valence-corrected chi connectivity index (χ3v) is 4.88. The first-order chi connectivity index (χ1) is 9.49. The molecule has 1 aromatic carbocycles. The molecule has 2 aromatic rings. The zero-order valence-corrected chi connectivity index (χ0v) is 12.3. The van der Waals surface area contributed by atoms with E-state index in [1.165, 1.54) is 23.9 Å². The predicted octanol–water partition coefficient (Wildman–Crippen LogP) is 4.30. The monoisotopic (exact) mass is 329 g/mol. The van der Waals surface area contributed by atoms with E-state index in [0.717, 1.165) is 16.2 Å². The predicted molar refractivity (Wildman–Crippen MR) is 78.9 cm³/mol. The van der Waals surface area contributed by atoms with Crippen molar-refractivity contribution < 1.29 is 14.8 Å². The quantitative estimate of drug-likeness (QED) is 0.502. The van der Waals surface area contributed by atoms with E-state index in [2.05, 4.69) is 0 Å². The lowest BCUT2D eigenvalue weighted by molar-refractivity contribution is -0.385. The second-order valence-electron chi connectivity index (χ2n) is 3.74. The highest BCUT2D eigenvalue weighted by atomic mass is 35.5. The molecular formula is C12H8ClNO4S2. The average Bonchev–Trinajstić information content (AvgIpc) is 2.86. The minimum atomic E-state index is -0.981. The Bertz CT molecular complexity index is 671. The van der Waals surface area contributed by atoms with Crippen molar-refractivity contribution in [3.05, 3.63) is 55.2 Å². The fourth-order valence-electron chi connectivity index (χ4n) is 1.52. The second kappa shape index (κ2) is 6.25. The molecule has 0 amide bonds. The molecule has 1 heterocycles. The van der Waals surface area contributed by atoms with Crippen LogP contribution in [0.15, 0.2) is 34.5 Å². The first-order valence-electron chi connectivity index (χ1n) is 5.35. The molecule has 1 aromatic heterocycles. The molecule has 0 radical (unpaired) electrons. The van der Waals surface area contributed by atoms with Crippen LogP contribution in [0.1, 0.15) is 15.2 Å². The maximum atomic E-state index is 10.9. The van der Waals surface area contributed by atoms with Gasteiger partial charge in [-0.15, -0.1) is 23.1 Å². The first kappa shape index (κ1) is 14.8. The Hall–Kier alpha value is -1.57. The van der Waals surface area contributed by atoms with Gasteiger partial charge in [0.05, 0.1) is 15.5 Å². The van der Waals surface area contributed by atoms with Gasteiger partial charge in [0.15, 0.2) is 0 Å². The van der Waals surface area contributed by atoms with Gasteiger partial charge >= 0.3 is 5.97 Å². The summed E-state index contributed by atoms with van der Waals surface area (Å²) < 4.78 is 0. The number of rotatable bonds is 5. The molecule has 8 heteroatoms. The van der Waals surface area contributed by atoms with Crippen LogP contribution in [0.2, 0.25) is 5.02 Å². The normalized spacial score (nSPS) is 10.4. The highest BCUT2D eigenvalue weighted by Crippen LogP contribution is 2.34. The van der Waals surface area contributed by atoms with Gasteiger partial charge in [0.2, 0.25) is 0 Å². The third kappa shape index (κ3) is 3.30. The molecule has 0 spiro atoms. The zero-order chi connectivity index (χ0) is 14.7. The van der Waals surface area contributed by atoms with E-state index in [1.807, 2.05) is 0 Å². The van der Waals surface area contributed by atoms with Crippen LogP contribution in [0.25, 0.3) is 0 Å². The smallest absolute Gasteiger partial charge is 0.345 e. The molecule has 0 aliphatic carbocycles. The molecule has 20 heavy (non-hydrogen) atoms.